The molecule has 0 saturated heterocycles. The molecule has 3 heteroatoms. The summed E-state index contributed by atoms with van der Waals surface area (Å²) < 4.78 is 1.26. The zero-order valence-electron chi connectivity index (χ0n) is 8.66. The van der Waals surface area contributed by atoms with E-state index >= 15 is 0 Å². The molecule has 2 aromatic heterocycles. The maximum Gasteiger partial charge on any atom is 0.0897 e. The van der Waals surface area contributed by atoms with Crippen LogP contribution in [0.4, 0.5) is 5.00 Å². The highest BCUT2D eigenvalue weighted by Gasteiger charge is 2.04. The molecule has 0 spiro atoms. The Morgan fingerprint density at radius 1 is 1.36 bits per heavy atom. The minimum absolute atomic E-state index is 0.483. The van der Waals surface area contributed by atoms with Gasteiger partial charge in [0.1, 0.15) is 0 Å². The average Bonchev–Trinajstić information content (AvgIpc) is 2.47. The molecule has 0 bridgehead atoms. The summed E-state index contributed by atoms with van der Waals surface area (Å²) in [7, 11) is 0. The number of hydrogen-bond acceptors (Lipinski definition) is 3. The van der Waals surface area contributed by atoms with Gasteiger partial charge in [-0.1, -0.05) is 0 Å². The minimum atomic E-state index is 0.483. The third-order valence-corrected chi connectivity index (χ3v) is 3.08. The molecule has 0 amide bonds. The fourth-order valence-corrected chi connectivity index (χ4v) is 2.60. The lowest BCUT2D eigenvalue weighted by Crippen LogP contribution is -2.07. The van der Waals surface area contributed by atoms with Crippen LogP contribution in [0.2, 0.25) is 0 Å². The van der Waals surface area contributed by atoms with Gasteiger partial charge in [0.15, 0.2) is 0 Å². The first-order valence-electron chi connectivity index (χ1n) is 4.77. The van der Waals surface area contributed by atoms with E-state index in [1.165, 1.54) is 20.7 Å². The summed E-state index contributed by atoms with van der Waals surface area (Å²) >= 11 is 1.77. The van der Waals surface area contributed by atoms with Crippen molar-refractivity contribution in [1.82, 2.24) is 4.98 Å². The molecule has 0 aliphatic heterocycles. The lowest BCUT2D eigenvalue weighted by Gasteiger charge is -2.05. The van der Waals surface area contributed by atoms with E-state index in [9.17, 15) is 0 Å². The third kappa shape index (κ3) is 1.73. The molecule has 2 aromatic rings. The van der Waals surface area contributed by atoms with Gasteiger partial charge in [0.25, 0.3) is 0 Å². The Hall–Kier alpha value is -1.09. The fraction of sp³-hybridized carbons (Fsp3) is 0.364. The number of hydrogen-bond donors (Lipinski definition) is 1. The Morgan fingerprint density at radius 2 is 2.14 bits per heavy atom. The molecule has 2 heterocycles. The molecule has 0 unspecified atom stereocenters. The number of aryl methyl sites for hydroxylation is 1. The van der Waals surface area contributed by atoms with E-state index in [4.69, 9.17) is 0 Å². The molecule has 2 nitrogen and oxygen atoms in total. The zero-order valence-corrected chi connectivity index (χ0v) is 9.48. The lowest BCUT2D eigenvalue weighted by molar-refractivity contribution is 0.905. The van der Waals surface area contributed by atoms with E-state index in [0.29, 0.717) is 6.04 Å². The number of nitrogens with zero attached hydrogens (tertiary/aromatic N) is 1. The van der Waals surface area contributed by atoms with Crippen LogP contribution in [0.3, 0.4) is 0 Å². The Bertz CT molecular complexity index is 445. The van der Waals surface area contributed by atoms with Gasteiger partial charge in [0, 0.05) is 23.8 Å². The van der Waals surface area contributed by atoms with Gasteiger partial charge in [0.05, 0.1) is 9.70 Å². The van der Waals surface area contributed by atoms with Gasteiger partial charge in [-0.25, -0.2) is 0 Å². The van der Waals surface area contributed by atoms with Crippen LogP contribution >= 0.6 is 11.3 Å². The second-order valence-electron chi connectivity index (χ2n) is 3.78. The highest BCUT2D eigenvalue weighted by molar-refractivity contribution is 7.22. The van der Waals surface area contributed by atoms with Gasteiger partial charge in [-0.2, -0.15) is 0 Å². The number of pyridine rings is 1. The van der Waals surface area contributed by atoms with Crippen LogP contribution in [0.25, 0.3) is 10.1 Å². The van der Waals surface area contributed by atoms with Crippen molar-refractivity contribution in [2.45, 2.75) is 26.8 Å². The predicted molar refractivity (Wildman–Crippen MR) is 63.1 cm³/mol. The van der Waals surface area contributed by atoms with E-state index < -0.39 is 0 Å². The maximum atomic E-state index is 4.19. The quantitative estimate of drug-likeness (QED) is 0.814. The molecule has 0 aliphatic rings. The molecular formula is C11H14N2S. The molecule has 14 heavy (non-hydrogen) atoms. The topological polar surface area (TPSA) is 24.9 Å². The molecule has 0 atom stereocenters. The second-order valence-corrected chi connectivity index (χ2v) is 4.86. The Labute approximate surface area is 88.0 Å². The van der Waals surface area contributed by atoms with Crippen molar-refractivity contribution in [1.29, 1.82) is 0 Å². The van der Waals surface area contributed by atoms with Crippen LogP contribution < -0.4 is 5.32 Å². The van der Waals surface area contributed by atoms with Gasteiger partial charge in [-0.15, -0.1) is 11.3 Å². The summed E-state index contributed by atoms with van der Waals surface area (Å²) in [5, 5.41) is 5.95. The Kier molecular flexibility index (Phi) is 2.42. The lowest BCUT2D eigenvalue weighted by atomic mass is 10.2. The maximum absolute atomic E-state index is 4.19. The summed E-state index contributed by atoms with van der Waals surface area (Å²) in [5.74, 6) is 0. The fourth-order valence-electron chi connectivity index (χ4n) is 1.45. The first-order valence-corrected chi connectivity index (χ1v) is 5.59. The second kappa shape index (κ2) is 3.58. The zero-order chi connectivity index (χ0) is 10.1. The van der Waals surface area contributed by atoms with Crippen LogP contribution in [0.15, 0.2) is 18.5 Å². The van der Waals surface area contributed by atoms with Crippen molar-refractivity contribution in [3.63, 3.8) is 0 Å². The summed E-state index contributed by atoms with van der Waals surface area (Å²) in [6, 6.07) is 2.69. The summed E-state index contributed by atoms with van der Waals surface area (Å²) in [6.07, 6.45) is 3.84. The molecule has 0 aliphatic carbocycles. The monoisotopic (exact) mass is 206 g/mol. The van der Waals surface area contributed by atoms with Crippen LogP contribution in [-0.2, 0) is 0 Å². The number of nitrogens with one attached hydrogen (secondary N) is 1. The summed E-state index contributed by atoms with van der Waals surface area (Å²) in [5.41, 5.74) is 1.25. The van der Waals surface area contributed by atoms with Crippen LogP contribution in [0.1, 0.15) is 19.4 Å². The first-order chi connectivity index (χ1) is 6.66. The normalized spacial score (nSPS) is 11.1. The number of anilines is 1. The minimum Gasteiger partial charge on any atom is -0.375 e. The van der Waals surface area contributed by atoms with Gasteiger partial charge >= 0.3 is 0 Å². The summed E-state index contributed by atoms with van der Waals surface area (Å²) in [6.45, 7) is 6.40. The third-order valence-electron chi connectivity index (χ3n) is 2.08. The standard InChI is InChI=1S/C11H14N2S/c1-7(2)13-11-4-9-8(3)5-12-6-10(9)14-11/h4-7,13H,1-3H3. The predicted octanol–water partition coefficient (Wildman–Crippen LogP) is 3.43. The molecular weight excluding hydrogens is 192 g/mol. The van der Waals surface area contributed by atoms with E-state index in [0.717, 1.165) is 0 Å². The molecule has 1 N–H and O–H groups in total. The molecule has 0 aromatic carbocycles. The number of fused-ring (bicyclic) bond motifs is 1. The number of aromatic nitrogens is 1. The van der Waals surface area contributed by atoms with Crippen LogP contribution in [0.5, 0.6) is 0 Å². The average molecular weight is 206 g/mol. The largest absolute Gasteiger partial charge is 0.375 e. The Morgan fingerprint density at radius 3 is 2.79 bits per heavy atom. The SMILES string of the molecule is Cc1cncc2sc(NC(C)C)cc12. The molecule has 0 saturated carbocycles. The van der Waals surface area contributed by atoms with Crippen molar-refractivity contribution in [3.05, 3.63) is 24.0 Å². The van der Waals surface area contributed by atoms with E-state index in [2.05, 4.69) is 37.1 Å². The summed E-state index contributed by atoms with van der Waals surface area (Å²) in [4.78, 5) is 4.19. The van der Waals surface area contributed by atoms with Crippen molar-refractivity contribution in [3.8, 4) is 0 Å². The number of rotatable bonds is 2. The molecule has 2 rings (SSSR count). The van der Waals surface area contributed by atoms with Gasteiger partial charge < -0.3 is 5.32 Å². The highest BCUT2D eigenvalue weighted by Crippen LogP contribution is 2.31. The molecule has 0 fully saturated rings. The number of thiophene rings is 1. The Balaban J connectivity index is 2.46. The smallest absolute Gasteiger partial charge is 0.0897 e. The van der Waals surface area contributed by atoms with E-state index in [-0.39, 0.29) is 0 Å². The molecule has 74 valence electrons. The van der Waals surface area contributed by atoms with Gasteiger partial charge in [-0.05, 0) is 32.4 Å². The van der Waals surface area contributed by atoms with Crippen molar-refractivity contribution in [2.75, 3.05) is 5.32 Å². The van der Waals surface area contributed by atoms with E-state index in [1.54, 1.807) is 11.3 Å². The van der Waals surface area contributed by atoms with E-state index in [1.807, 2.05) is 12.4 Å². The van der Waals surface area contributed by atoms with Gasteiger partial charge in [-0.3, -0.25) is 4.98 Å². The molecule has 0 radical (unpaired) electrons. The van der Waals surface area contributed by atoms with Crippen molar-refractivity contribution in [2.24, 2.45) is 0 Å². The van der Waals surface area contributed by atoms with Crippen LogP contribution in [0, 0.1) is 6.92 Å². The van der Waals surface area contributed by atoms with Crippen molar-refractivity contribution < 1.29 is 0 Å². The van der Waals surface area contributed by atoms with Crippen molar-refractivity contribution >= 4 is 26.4 Å². The first kappa shape index (κ1) is 9.46. The highest BCUT2D eigenvalue weighted by atomic mass is 32.1. The van der Waals surface area contributed by atoms with Gasteiger partial charge in [0.2, 0.25) is 0 Å². The van der Waals surface area contributed by atoms with Crippen LogP contribution in [-0.4, -0.2) is 11.0 Å².